The van der Waals surface area contributed by atoms with E-state index in [1.54, 1.807) is 4.68 Å². The number of amides is 1. The lowest BCUT2D eigenvalue weighted by Gasteiger charge is -2.07. The summed E-state index contributed by atoms with van der Waals surface area (Å²) in [4.78, 5) is 10.8. The molecule has 0 spiro atoms. The van der Waals surface area contributed by atoms with E-state index in [0.29, 0.717) is 13.1 Å². The smallest absolute Gasteiger partial charge is 0.217 e. The van der Waals surface area contributed by atoms with Gasteiger partial charge in [0.25, 0.3) is 0 Å². The normalized spacial score (nSPS) is 10.3. The zero-order valence-corrected chi connectivity index (χ0v) is 13.1. The lowest BCUT2D eigenvalue weighted by Crippen LogP contribution is -2.18. The van der Waals surface area contributed by atoms with Crippen LogP contribution in [0.1, 0.15) is 18.2 Å². The highest BCUT2D eigenvalue weighted by molar-refractivity contribution is 9.10. The van der Waals surface area contributed by atoms with Crippen LogP contribution in [0.15, 0.2) is 34.9 Å². The first-order valence-electron chi connectivity index (χ1n) is 6.30. The summed E-state index contributed by atoms with van der Waals surface area (Å²) in [5.74, 6) is -0.0211. The number of aryl methyl sites for hydroxylation is 1. The molecular formula is C14H17BrN4O. The second-order valence-electron chi connectivity index (χ2n) is 4.56. The van der Waals surface area contributed by atoms with Crippen molar-refractivity contribution in [2.24, 2.45) is 7.05 Å². The van der Waals surface area contributed by atoms with Crippen LogP contribution in [0.5, 0.6) is 0 Å². The van der Waals surface area contributed by atoms with Gasteiger partial charge in [0.2, 0.25) is 5.91 Å². The molecule has 0 aliphatic carbocycles. The molecular weight excluding hydrogens is 320 g/mol. The molecule has 1 aromatic carbocycles. The van der Waals surface area contributed by atoms with E-state index in [1.165, 1.54) is 6.92 Å². The van der Waals surface area contributed by atoms with Gasteiger partial charge in [-0.3, -0.25) is 9.48 Å². The van der Waals surface area contributed by atoms with E-state index < -0.39 is 0 Å². The quantitative estimate of drug-likeness (QED) is 0.881. The summed E-state index contributed by atoms with van der Waals surface area (Å²) in [5.41, 5.74) is 3.06. The van der Waals surface area contributed by atoms with Crippen molar-refractivity contribution < 1.29 is 4.79 Å². The lowest BCUT2D eigenvalue weighted by molar-refractivity contribution is -0.119. The molecule has 2 N–H and O–H groups in total. The monoisotopic (exact) mass is 336 g/mol. The number of carbonyl (C=O) groups excluding carboxylic acids is 1. The fourth-order valence-electron chi connectivity index (χ4n) is 1.78. The summed E-state index contributed by atoms with van der Waals surface area (Å²) < 4.78 is 2.77. The Bertz CT molecular complexity index is 592. The number of carbonyl (C=O) groups is 1. The topological polar surface area (TPSA) is 59.0 Å². The second kappa shape index (κ2) is 6.56. The number of halogens is 1. The van der Waals surface area contributed by atoms with Gasteiger partial charge in [-0.15, -0.1) is 0 Å². The molecule has 0 radical (unpaired) electrons. The Hall–Kier alpha value is -1.82. The van der Waals surface area contributed by atoms with Gasteiger partial charge in [-0.1, -0.05) is 12.1 Å². The van der Waals surface area contributed by atoms with Crippen LogP contribution >= 0.6 is 15.9 Å². The Morgan fingerprint density at radius 2 is 2.00 bits per heavy atom. The fourth-order valence-corrected chi connectivity index (χ4v) is 2.29. The van der Waals surface area contributed by atoms with Gasteiger partial charge in [-0.25, -0.2) is 0 Å². The first-order valence-corrected chi connectivity index (χ1v) is 7.09. The van der Waals surface area contributed by atoms with E-state index in [4.69, 9.17) is 0 Å². The average Bonchev–Trinajstić information content (AvgIpc) is 2.73. The molecule has 0 fully saturated rings. The van der Waals surface area contributed by atoms with E-state index in [2.05, 4.69) is 31.7 Å². The number of anilines is 1. The third-order valence-corrected chi connectivity index (χ3v) is 3.47. The van der Waals surface area contributed by atoms with Crippen molar-refractivity contribution in [2.45, 2.75) is 20.0 Å². The van der Waals surface area contributed by atoms with E-state index in [1.807, 2.05) is 37.5 Å². The second-order valence-corrected chi connectivity index (χ2v) is 5.41. The maximum Gasteiger partial charge on any atom is 0.217 e. The van der Waals surface area contributed by atoms with E-state index in [0.717, 1.165) is 21.4 Å². The summed E-state index contributed by atoms with van der Waals surface area (Å²) in [6, 6.07) is 7.97. The van der Waals surface area contributed by atoms with Crippen LogP contribution < -0.4 is 10.6 Å². The van der Waals surface area contributed by atoms with Crippen LogP contribution in [0.4, 0.5) is 5.69 Å². The van der Waals surface area contributed by atoms with Crippen LogP contribution in [0.3, 0.4) is 0 Å². The maximum atomic E-state index is 10.8. The van der Waals surface area contributed by atoms with Crippen molar-refractivity contribution in [3.8, 4) is 0 Å². The fraction of sp³-hybridized carbons (Fsp3) is 0.286. The Morgan fingerprint density at radius 1 is 1.30 bits per heavy atom. The average molecular weight is 337 g/mol. The predicted octanol–water partition coefficient (Wildman–Crippen LogP) is 2.43. The number of aromatic nitrogens is 2. The minimum atomic E-state index is -0.0211. The molecule has 0 aliphatic heterocycles. The largest absolute Gasteiger partial charge is 0.379 e. The Labute approximate surface area is 126 Å². The molecule has 2 rings (SSSR count). The summed E-state index contributed by atoms with van der Waals surface area (Å²) in [5, 5.41) is 10.4. The molecule has 2 aromatic rings. The predicted molar refractivity (Wildman–Crippen MR) is 82.2 cm³/mol. The van der Waals surface area contributed by atoms with Gasteiger partial charge < -0.3 is 10.6 Å². The molecule has 1 heterocycles. The van der Waals surface area contributed by atoms with Crippen LogP contribution in [0.25, 0.3) is 0 Å². The summed E-state index contributed by atoms with van der Waals surface area (Å²) in [6.45, 7) is 2.73. The van der Waals surface area contributed by atoms with Crippen LogP contribution in [0, 0.1) is 0 Å². The minimum absolute atomic E-state index is 0.0211. The Morgan fingerprint density at radius 3 is 2.55 bits per heavy atom. The van der Waals surface area contributed by atoms with Crippen molar-refractivity contribution in [1.29, 1.82) is 0 Å². The van der Waals surface area contributed by atoms with Crippen molar-refractivity contribution in [3.05, 3.63) is 46.2 Å². The van der Waals surface area contributed by atoms with Crippen molar-refractivity contribution in [2.75, 3.05) is 5.32 Å². The van der Waals surface area contributed by atoms with Crippen LogP contribution in [-0.2, 0) is 24.9 Å². The third-order valence-electron chi connectivity index (χ3n) is 2.81. The van der Waals surface area contributed by atoms with Crippen LogP contribution in [0.2, 0.25) is 0 Å². The molecule has 0 unspecified atom stereocenters. The van der Waals surface area contributed by atoms with Gasteiger partial charge in [-0.05, 0) is 33.6 Å². The summed E-state index contributed by atoms with van der Waals surface area (Å²) in [7, 11) is 1.89. The molecule has 106 valence electrons. The van der Waals surface area contributed by atoms with Gasteiger partial charge in [0.05, 0.1) is 16.7 Å². The number of hydrogen-bond donors (Lipinski definition) is 2. The number of nitrogens with zero attached hydrogens (tertiary/aromatic N) is 2. The van der Waals surface area contributed by atoms with Gasteiger partial charge in [0.15, 0.2) is 0 Å². The third kappa shape index (κ3) is 4.09. The van der Waals surface area contributed by atoms with Gasteiger partial charge in [0.1, 0.15) is 0 Å². The molecule has 1 aromatic heterocycles. The van der Waals surface area contributed by atoms with E-state index in [9.17, 15) is 4.79 Å². The standard InChI is InChI=1S/C14H17BrN4O/c1-10(20)16-7-11-3-5-12(6-4-11)17-8-14-13(15)9-19(2)18-14/h3-6,9,17H,7-8H2,1-2H3,(H,16,20). The number of nitrogens with one attached hydrogen (secondary N) is 2. The highest BCUT2D eigenvalue weighted by Gasteiger charge is 2.04. The molecule has 0 aliphatic rings. The zero-order chi connectivity index (χ0) is 14.5. The Kier molecular flexibility index (Phi) is 4.79. The van der Waals surface area contributed by atoms with Crippen LogP contribution in [-0.4, -0.2) is 15.7 Å². The molecule has 0 saturated heterocycles. The van der Waals surface area contributed by atoms with Crippen molar-refractivity contribution in [1.82, 2.24) is 15.1 Å². The first kappa shape index (κ1) is 14.6. The number of benzene rings is 1. The zero-order valence-electron chi connectivity index (χ0n) is 11.5. The highest BCUT2D eigenvalue weighted by atomic mass is 79.9. The van der Waals surface area contributed by atoms with E-state index >= 15 is 0 Å². The highest BCUT2D eigenvalue weighted by Crippen LogP contribution is 2.16. The van der Waals surface area contributed by atoms with Crippen molar-refractivity contribution >= 4 is 27.5 Å². The maximum absolute atomic E-state index is 10.8. The van der Waals surface area contributed by atoms with Crippen molar-refractivity contribution in [3.63, 3.8) is 0 Å². The Balaban J connectivity index is 1.90. The molecule has 0 saturated carbocycles. The number of rotatable bonds is 5. The SMILES string of the molecule is CC(=O)NCc1ccc(NCc2nn(C)cc2Br)cc1. The lowest BCUT2D eigenvalue weighted by atomic mass is 10.2. The van der Waals surface area contributed by atoms with Gasteiger partial charge in [-0.2, -0.15) is 5.10 Å². The first-order chi connectivity index (χ1) is 9.54. The molecule has 5 nitrogen and oxygen atoms in total. The van der Waals surface area contributed by atoms with Gasteiger partial charge in [0, 0.05) is 32.4 Å². The van der Waals surface area contributed by atoms with Gasteiger partial charge >= 0.3 is 0 Å². The molecule has 20 heavy (non-hydrogen) atoms. The minimum Gasteiger partial charge on any atom is -0.379 e. The summed E-state index contributed by atoms with van der Waals surface area (Å²) in [6.07, 6.45) is 1.92. The molecule has 0 atom stereocenters. The molecule has 0 bridgehead atoms. The van der Waals surface area contributed by atoms with E-state index in [-0.39, 0.29) is 5.91 Å². The molecule has 6 heteroatoms. The summed E-state index contributed by atoms with van der Waals surface area (Å²) >= 11 is 3.47. The molecule has 1 amide bonds. The number of hydrogen-bond acceptors (Lipinski definition) is 3.